The zero-order valence-corrected chi connectivity index (χ0v) is 10.2. The molecule has 0 saturated carbocycles. The summed E-state index contributed by atoms with van der Waals surface area (Å²) in [5, 5.41) is 16.5. The Balaban J connectivity index is 2.99. The molecule has 5 nitrogen and oxygen atoms in total. The van der Waals surface area contributed by atoms with Gasteiger partial charge in [0.1, 0.15) is 4.99 Å². The molecule has 1 heterocycles. The van der Waals surface area contributed by atoms with Gasteiger partial charge in [-0.05, 0) is 19.4 Å². The minimum atomic E-state index is 0.0701. The number of ether oxygens (including phenoxy) is 1. The predicted octanol–water partition coefficient (Wildman–Crippen LogP) is 0.489. The number of thiocarbonyl (C=S) groups is 1. The number of nitrogens with zero attached hydrogens (tertiary/aromatic N) is 2. The van der Waals surface area contributed by atoms with Gasteiger partial charge in [-0.2, -0.15) is 5.10 Å². The molecule has 16 heavy (non-hydrogen) atoms. The van der Waals surface area contributed by atoms with Gasteiger partial charge >= 0.3 is 0 Å². The van der Waals surface area contributed by atoms with E-state index < -0.39 is 0 Å². The molecule has 0 aliphatic heterocycles. The SMILES string of the molecule is Cc1nnc(OCCCO)c(C(N)=S)c1C. The summed E-state index contributed by atoms with van der Waals surface area (Å²) in [6.07, 6.45) is 0.533. The van der Waals surface area contributed by atoms with E-state index in [1.807, 2.05) is 13.8 Å². The van der Waals surface area contributed by atoms with Crippen molar-refractivity contribution < 1.29 is 9.84 Å². The molecule has 0 fully saturated rings. The summed E-state index contributed by atoms with van der Waals surface area (Å²) < 4.78 is 5.37. The van der Waals surface area contributed by atoms with Crippen LogP contribution in [0.15, 0.2) is 0 Å². The molecule has 0 saturated heterocycles. The number of rotatable bonds is 5. The normalized spacial score (nSPS) is 10.2. The summed E-state index contributed by atoms with van der Waals surface area (Å²) >= 11 is 4.96. The van der Waals surface area contributed by atoms with Gasteiger partial charge in [0.2, 0.25) is 5.88 Å². The third-order valence-corrected chi connectivity index (χ3v) is 2.41. The molecule has 0 amide bonds. The van der Waals surface area contributed by atoms with Crippen LogP contribution in [0.4, 0.5) is 0 Å². The smallest absolute Gasteiger partial charge is 0.244 e. The highest BCUT2D eigenvalue weighted by molar-refractivity contribution is 7.80. The maximum absolute atomic E-state index is 8.65. The molecule has 1 rings (SSSR count). The molecule has 0 bridgehead atoms. The van der Waals surface area contributed by atoms with Crippen LogP contribution in [-0.4, -0.2) is 33.5 Å². The van der Waals surface area contributed by atoms with Crippen molar-refractivity contribution in [2.24, 2.45) is 5.73 Å². The second kappa shape index (κ2) is 5.72. The van der Waals surface area contributed by atoms with Crippen molar-refractivity contribution in [2.45, 2.75) is 20.3 Å². The number of aryl methyl sites for hydroxylation is 1. The van der Waals surface area contributed by atoms with Crippen LogP contribution in [0, 0.1) is 13.8 Å². The Bertz CT molecular complexity index is 396. The van der Waals surface area contributed by atoms with E-state index in [0.29, 0.717) is 24.5 Å². The minimum Gasteiger partial charge on any atom is -0.476 e. The lowest BCUT2D eigenvalue weighted by Crippen LogP contribution is -2.17. The third-order valence-electron chi connectivity index (χ3n) is 2.21. The zero-order valence-electron chi connectivity index (χ0n) is 9.36. The maximum atomic E-state index is 8.65. The summed E-state index contributed by atoms with van der Waals surface area (Å²) in [6, 6.07) is 0. The second-order valence-corrected chi connectivity index (χ2v) is 3.82. The first-order chi connectivity index (χ1) is 7.57. The van der Waals surface area contributed by atoms with Crippen LogP contribution in [0.1, 0.15) is 23.2 Å². The fraction of sp³-hybridized carbons (Fsp3) is 0.500. The van der Waals surface area contributed by atoms with E-state index in [4.69, 9.17) is 27.8 Å². The van der Waals surface area contributed by atoms with E-state index in [2.05, 4.69) is 10.2 Å². The molecular formula is C10H15N3O2S. The molecule has 1 aromatic rings. The van der Waals surface area contributed by atoms with Crippen LogP contribution in [0.25, 0.3) is 0 Å². The topological polar surface area (TPSA) is 81.3 Å². The molecule has 0 radical (unpaired) electrons. The van der Waals surface area contributed by atoms with E-state index in [0.717, 1.165) is 11.3 Å². The molecule has 0 aliphatic carbocycles. The van der Waals surface area contributed by atoms with Crippen molar-refractivity contribution in [2.75, 3.05) is 13.2 Å². The lowest BCUT2D eigenvalue weighted by molar-refractivity contribution is 0.227. The summed E-state index contributed by atoms with van der Waals surface area (Å²) in [7, 11) is 0. The predicted molar refractivity (Wildman–Crippen MR) is 64.6 cm³/mol. The summed E-state index contributed by atoms with van der Waals surface area (Å²) in [6.45, 7) is 4.14. The van der Waals surface area contributed by atoms with Gasteiger partial charge in [-0.3, -0.25) is 0 Å². The standard InChI is InChI=1S/C10H15N3O2S/c1-6-7(2)12-13-10(8(6)9(11)16)15-5-3-4-14/h14H,3-5H2,1-2H3,(H2,11,16). The number of aliphatic hydroxyl groups is 1. The Morgan fingerprint density at radius 1 is 1.44 bits per heavy atom. The molecule has 88 valence electrons. The average Bonchev–Trinajstić information content (AvgIpc) is 2.23. The van der Waals surface area contributed by atoms with Crippen molar-refractivity contribution in [1.29, 1.82) is 0 Å². The monoisotopic (exact) mass is 241 g/mol. The fourth-order valence-electron chi connectivity index (χ4n) is 1.21. The molecule has 0 spiro atoms. The van der Waals surface area contributed by atoms with Gasteiger partial charge in [0.25, 0.3) is 0 Å². The van der Waals surface area contributed by atoms with Crippen molar-refractivity contribution >= 4 is 17.2 Å². The zero-order chi connectivity index (χ0) is 12.1. The summed E-state index contributed by atoms with van der Waals surface area (Å²) in [5.41, 5.74) is 7.90. The van der Waals surface area contributed by atoms with Crippen LogP contribution < -0.4 is 10.5 Å². The number of hydrogen-bond acceptors (Lipinski definition) is 5. The first kappa shape index (κ1) is 12.8. The van der Waals surface area contributed by atoms with Gasteiger partial charge in [-0.15, -0.1) is 5.10 Å². The van der Waals surface area contributed by atoms with E-state index in [1.54, 1.807) is 0 Å². The average molecular weight is 241 g/mol. The largest absolute Gasteiger partial charge is 0.476 e. The van der Waals surface area contributed by atoms with E-state index >= 15 is 0 Å². The molecule has 0 unspecified atom stereocenters. The van der Waals surface area contributed by atoms with Gasteiger partial charge in [0.05, 0.1) is 17.9 Å². The molecule has 0 aromatic carbocycles. The van der Waals surface area contributed by atoms with Crippen molar-refractivity contribution in [3.05, 3.63) is 16.8 Å². The number of hydrogen-bond donors (Lipinski definition) is 2. The molecule has 3 N–H and O–H groups in total. The minimum absolute atomic E-state index is 0.0701. The fourth-order valence-corrected chi connectivity index (χ4v) is 1.45. The van der Waals surface area contributed by atoms with Gasteiger partial charge in [-0.1, -0.05) is 12.2 Å². The second-order valence-electron chi connectivity index (χ2n) is 3.38. The van der Waals surface area contributed by atoms with E-state index in [-0.39, 0.29) is 11.6 Å². The Kier molecular flexibility index (Phi) is 4.57. The van der Waals surface area contributed by atoms with Crippen LogP contribution >= 0.6 is 12.2 Å². The van der Waals surface area contributed by atoms with Crippen molar-refractivity contribution in [1.82, 2.24) is 10.2 Å². The Hall–Kier alpha value is -1.27. The molecular weight excluding hydrogens is 226 g/mol. The summed E-state index contributed by atoms with van der Waals surface area (Å²) in [4.78, 5) is 0.245. The van der Waals surface area contributed by atoms with Gasteiger partial charge in [0.15, 0.2) is 0 Å². The number of nitrogens with two attached hydrogens (primary N) is 1. The first-order valence-corrected chi connectivity index (χ1v) is 5.36. The Morgan fingerprint density at radius 2 is 2.12 bits per heavy atom. The van der Waals surface area contributed by atoms with E-state index in [9.17, 15) is 0 Å². The van der Waals surface area contributed by atoms with Crippen LogP contribution in [0.5, 0.6) is 5.88 Å². The summed E-state index contributed by atoms with van der Waals surface area (Å²) in [5.74, 6) is 0.337. The maximum Gasteiger partial charge on any atom is 0.244 e. The number of aromatic nitrogens is 2. The van der Waals surface area contributed by atoms with Crippen molar-refractivity contribution in [3.63, 3.8) is 0 Å². The van der Waals surface area contributed by atoms with Gasteiger partial charge in [0, 0.05) is 13.0 Å². The highest BCUT2D eigenvalue weighted by Gasteiger charge is 2.14. The highest BCUT2D eigenvalue weighted by Crippen LogP contribution is 2.20. The first-order valence-electron chi connectivity index (χ1n) is 4.95. The molecule has 0 aliphatic rings. The van der Waals surface area contributed by atoms with E-state index in [1.165, 1.54) is 0 Å². The molecule has 0 atom stereocenters. The Labute approximate surface area is 99.6 Å². The Morgan fingerprint density at radius 3 is 2.69 bits per heavy atom. The van der Waals surface area contributed by atoms with Crippen LogP contribution in [0.2, 0.25) is 0 Å². The third kappa shape index (κ3) is 2.86. The van der Waals surface area contributed by atoms with Crippen molar-refractivity contribution in [3.8, 4) is 5.88 Å². The number of aliphatic hydroxyl groups excluding tert-OH is 1. The highest BCUT2D eigenvalue weighted by atomic mass is 32.1. The molecule has 6 heteroatoms. The molecule has 1 aromatic heterocycles. The lowest BCUT2D eigenvalue weighted by Gasteiger charge is -2.11. The van der Waals surface area contributed by atoms with Gasteiger partial charge in [-0.25, -0.2) is 0 Å². The quantitative estimate of drug-likeness (QED) is 0.577. The van der Waals surface area contributed by atoms with Gasteiger partial charge < -0.3 is 15.6 Å². The van der Waals surface area contributed by atoms with Crippen LogP contribution in [-0.2, 0) is 0 Å². The lowest BCUT2D eigenvalue weighted by atomic mass is 10.1. The van der Waals surface area contributed by atoms with Crippen LogP contribution in [0.3, 0.4) is 0 Å².